The second kappa shape index (κ2) is 3.87. The van der Waals surface area contributed by atoms with E-state index in [9.17, 15) is 4.39 Å². The number of halogens is 2. The minimum Gasteiger partial charge on any atom is -0.327 e. The summed E-state index contributed by atoms with van der Waals surface area (Å²) in [6.07, 6.45) is 3.02. The third-order valence-electron chi connectivity index (χ3n) is 2.97. The molecule has 1 saturated carbocycles. The fraction of sp³-hybridized carbons (Fsp3) is 0.455. The Hall–Kier alpha value is -0.600. The standard InChI is InChI=1S/C11H13ClFN/c12-10-3-2-9(13)6-8(10)5-7-1-4-11(7)14/h2-3,6-7,11H,1,4-5,14H2. The normalized spacial score (nSPS) is 25.9. The summed E-state index contributed by atoms with van der Waals surface area (Å²) in [6, 6.07) is 4.77. The first kappa shape index (κ1) is 9.94. The summed E-state index contributed by atoms with van der Waals surface area (Å²) in [5, 5.41) is 0.644. The van der Waals surface area contributed by atoms with Gasteiger partial charge in [-0.05, 0) is 48.9 Å². The average Bonchev–Trinajstić information content (AvgIpc) is 2.17. The minimum absolute atomic E-state index is 0.225. The van der Waals surface area contributed by atoms with Crippen LogP contribution >= 0.6 is 11.6 Å². The third kappa shape index (κ3) is 1.91. The molecule has 1 aliphatic rings. The first-order chi connectivity index (χ1) is 6.66. The van der Waals surface area contributed by atoms with Crippen molar-refractivity contribution in [1.29, 1.82) is 0 Å². The Morgan fingerprint density at radius 1 is 1.43 bits per heavy atom. The Kier molecular flexibility index (Phi) is 2.75. The summed E-state index contributed by atoms with van der Waals surface area (Å²) in [4.78, 5) is 0. The van der Waals surface area contributed by atoms with E-state index in [1.54, 1.807) is 6.07 Å². The zero-order valence-electron chi connectivity index (χ0n) is 7.84. The topological polar surface area (TPSA) is 26.0 Å². The summed E-state index contributed by atoms with van der Waals surface area (Å²) < 4.78 is 12.9. The molecule has 2 unspecified atom stereocenters. The molecular weight excluding hydrogens is 201 g/mol. The molecule has 1 fully saturated rings. The van der Waals surface area contributed by atoms with Crippen molar-refractivity contribution in [3.63, 3.8) is 0 Å². The van der Waals surface area contributed by atoms with Crippen LogP contribution in [0.4, 0.5) is 4.39 Å². The lowest BCUT2D eigenvalue weighted by atomic mass is 9.76. The highest BCUT2D eigenvalue weighted by Crippen LogP contribution is 2.31. The van der Waals surface area contributed by atoms with Crippen LogP contribution in [0.3, 0.4) is 0 Å². The highest BCUT2D eigenvalue weighted by atomic mass is 35.5. The molecule has 1 aromatic carbocycles. The summed E-state index contributed by atoms with van der Waals surface area (Å²) in [5.41, 5.74) is 6.70. The van der Waals surface area contributed by atoms with Crippen molar-refractivity contribution in [2.45, 2.75) is 25.3 Å². The molecule has 0 aliphatic heterocycles. The zero-order valence-corrected chi connectivity index (χ0v) is 8.60. The highest BCUT2D eigenvalue weighted by Gasteiger charge is 2.27. The molecule has 3 heteroatoms. The quantitative estimate of drug-likeness (QED) is 0.803. The molecule has 0 saturated heterocycles. The van der Waals surface area contributed by atoms with E-state index in [2.05, 4.69) is 0 Å². The first-order valence-corrected chi connectivity index (χ1v) is 5.24. The number of hydrogen-bond donors (Lipinski definition) is 1. The number of nitrogens with two attached hydrogens (primary N) is 1. The molecule has 1 aliphatic carbocycles. The molecule has 1 aromatic rings. The molecule has 0 radical (unpaired) electrons. The molecule has 2 N–H and O–H groups in total. The van der Waals surface area contributed by atoms with Crippen LogP contribution in [-0.2, 0) is 6.42 Å². The van der Waals surface area contributed by atoms with Crippen LogP contribution < -0.4 is 5.73 Å². The Bertz CT molecular complexity index is 340. The molecule has 0 aromatic heterocycles. The molecule has 14 heavy (non-hydrogen) atoms. The third-order valence-corrected chi connectivity index (χ3v) is 3.33. The van der Waals surface area contributed by atoms with E-state index in [0.717, 1.165) is 24.8 Å². The summed E-state index contributed by atoms with van der Waals surface area (Å²) in [7, 11) is 0. The Morgan fingerprint density at radius 2 is 2.21 bits per heavy atom. The smallest absolute Gasteiger partial charge is 0.123 e. The van der Waals surface area contributed by atoms with E-state index in [-0.39, 0.29) is 11.9 Å². The van der Waals surface area contributed by atoms with Gasteiger partial charge in [-0.1, -0.05) is 11.6 Å². The van der Waals surface area contributed by atoms with E-state index in [0.29, 0.717) is 10.9 Å². The lowest BCUT2D eigenvalue weighted by Crippen LogP contribution is -2.40. The molecular formula is C11H13ClFN. The monoisotopic (exact) mass is 213 g/mol. The Balaban J connectivity index is 2.11. The predicted molar refractivity (Wildman–Crippen MR) is 55.8 cm³/mol. The molecule has 0 bridgehead atoms. The summed E-state index contributed by atoms with van der Waals surface area (Å²) in [6.45, 7) is 0. The van der Waals surface area contributed by atoms with Gasteiger partial charge >= 0.3 is 0 Å². The maximum Gasteiger partial charge on any atom is 0.123 e. The number of rotatable bonds is 2. The van der Waals surface area contributed by atoms with Crippen LogP contribution in [0.1, 0.15) is 18.4 Å². The second-order valence-corrected chi connectivity index (χ2v) is 4.35. The van der Waals surface area contributed by atoms with Gasteiger partial charge in [0.05, 0.1) is 0 Å². The molecule has 0 amide bonds. The van der Waals surface area contributed by atoms with Crippen molar-refractivity contribution < 1.29 is 4.39 Å². The maximum atomic E-state index is 12.9. The maximum absolute atomic E-state index is 12.9. The SMILES string of the molecule is NC1CCC1Cc1cc(F)ccc1Cl. The van der Waals surface area contributed by atoms with Gasteiger partial charge in [0.25, 0.3) is 0 Å². The van der Waals surface area contributed by atoms with Gasteiger partial charge in [0.1, 0.15) is 5.82 Å². The van der Waals surface area contributed by atoms with Crippen molar-refractivity contribution in [1.82, 2.24) is 0 Å². The van der Waals surface area contributed by atoms with Crippen molar-refractivity contribution in [2.75, 3.05) is 0 Å². The number of hydrogen-bond acceptors (Lipinski definition) is 1. The van der Waals surface area contributed by atoms with E-state index in [1.807, 2.05) is 0 Å². The summed E-state index contributed by atoms with van der Waals surface area (Å²) in [5.74, 6) is 0.256. The van der Waals surface area contributed by atoms with Gasteiger partial charge in [0.2, 0.25) is 0 Å². The predicted octanol–water partition coefficient (Wildman–Crippen LogP) is 2.76. The van der Waals surface area contributed by atoms with Crippen LogP contribution in [0.5, 0.6) is 0 Å². The van der Waals surface area contributed by atoms with E-state index in [1.165, 1.54) is 12.1 Å². The van der Waals surface area contributed by atoms with Crippen molar-refractivity contribution >= 4 is 11.6 Å². The van der Waals surface area contributed by atoms with Crippen LogP contribution in [0.25, 0.3) is 0 Å². The van der Waals surface area contributed by atoms with Gasteiger partial charge in [0, 0.05) is 11.1 Å². The van der Waals surface area contributed by atoms with Crippen molar-refractivity contribution in [3.05, 3.63) is 34.6 Å². The number of benzene rings is 1. The lowest BCUT2D eigenvalue weighted by Gasteiger charge is -2.33. The first-order valence-electron chi connectivity index (χ1n) is 4.86. The molecule has 76 valence electrons. The Morgan fingerprint density at radius 3 is 2.79 bits per heavy atom. The molecule has 0 heterocycles. The van der Waals surface area contributed by atoms with Crippen LogP contribution in [-0.4, -0.2) is 6.04 Å². The van der Waals surface area contributed by atoms with Gasteiger partial charge < -0.3 is 5.73 Å². The minimum atomic E-state index is -0.225. The van der Waals surface area contributed by atoms with Gasteiger partial charge in [0.15, 0.2) is 0 Å². The fourth-order valence-electron chi connectivity index (χ4n) is 1.83. The van der Waals surface area contributed by atoms with Crippen LogP contribution in [0, 0.1) is 11.7 Å². The molecule has 2 atom stereocenters. The lowest BCUT2D eigenvalue weighted by molar-refractivity contribution is 0.255. The van der Waals surface area contributed by atoms with Crippen LogP contribution in [0.2, 0.25) is 5.02 Å². The van der Waals surface area contributed by atoms with E-state index in [4.69, 9.17) is 17.3 Å². The van der Waals surface area contributed by atoms with Gasteiger partial charge in [-0.3, -0.25) is 0 Å². The molecule has 2 rings (SSSR count). The van der Waals surface area contributed by atoms with Gasteiger partial charge in [-0.2, -0.15) is 0 Å². The van der Waals surface area contributed by atoms with Gasteiger partial charge in [-0.25, -0.2) is 4.39 Å². The average molecular weight is 214 g/mol. The largest absolute Gasteiger partial charge is 0.327 e. The van der Waals surface area contributed by atoms with E-state index >= 15 is 0 Å². The van der Waals surface area contributed by atoms with Gasteiger partial charge in [-0.15, -0.1) is 0 Å². The second-order valence-electron chi connectivity index (χ2n) is 3.94. The molecule has 1 nitrogen and oxygen atoms in total. The Labute approximate surface area is 88.1 Å². The highest BCUT2D eigenvalue weighted by molar-refractivity contribution is 6.31. The fourth-order valence-corrected chi connectivity index (χ4v) is 2.03. The zero-order chi connectivity index (χ0) is 10.1. The molecule has 0 spiro atoms. The summed E-state index contributed by atoms with van der Waals surface area (Å²) >= 11 is 5.96. The van der Waals surface area contributed by atoms with E-state index < -0.39 is 0 Å². The van der Waals surface area contributed by atoms with Crippen LogP contribution in [0.15, 0.2) is 18.2 Å². The van der Waals surface area contributed by atoms with Crippen molar-refractivity contribution in [3.8, 4) is 0 Å². The van der Waals surface area contributed by atoms with Crippen molar-refractivity contribution in [2.24, 2.45) is 11.7 Å².